The third-order valence-electron chi connectivity index (χ3n) is 10.0. The Bertz CT molecular complexity index is 3000. The van der Waals surface area contributed by atoms with Crippen molar-refractivity contribution in [3.63, 3.8) is 0 Å². The molecule has 0 saturated carbocycles. The number of nitrogens with zero attached hydrogens (tertiary/aromatic N) is 3. The van der Waals surface area contributed by atoms with E-state index in [1.807, 2.05) is 29.5 Å². The molecule has 0 radical (unpaired) electrons. The first-order valence-electron chi connectivity index (χ1n) is 16.5. The molecule has 1 aliphatic rings. The van der Waals surface area contributed by atoms with E-state index in [0.29, 0.717) is 17.5 Å². The van der Waals surface area contributed by atoms with Crippen molar-refractivity contribution in [3.8, 4) is 56.4 Å². The molecule has 0 fully saturated rings. The van der Waals surface area contributed by atoms with Gasteiger partial charge in [-0.05, 0) is 84.9 Å². The summed E-state index contributed by atoms with van der Waals surface area (Å²) in [5, 5.41) is 9.92. The highest BCUT2D eigenvalue weighted by atomic mass is 32.1. The van der Waals surface area contributed by atoms with Gasteiger partial charge in [-0.1, -0.05) is 121 Å². The lowest BCUT2D eigenvalue weighted by Crippen LogP contribution is -2.00. The SMILES string of the molecule is c1ccc(-c2nc(-c3cc4c5c(cccc5c3)-c3ccccc3-4)nc(-c3cccc4sc5cc6ccc7ccccc7c6cc5c34)n2)cc1. The molecule has 4 heteroatoms. The molecule has 8 aromatic carbocycles. The van der Waals surface area contributed by atoms with E-state index in [0.717, 1.165) is 16.7 Å². The average Bonchev–Trinajstić information content (AvgIpc) is 3.70. The molecule has 0 bridgehead atoms. The number of thiophene rings is 1. The van der Waals surface area contributed by atoms with Crippen LogP contribution in [0.2, 0.25) is 0 Å². The minimum atomic E-state index is 0.666. The second kappa shape index (κ2) is 10.1. The lowest BCUT2D eigenvalue weighted by Gasteiger charge is -2.11. The van der Waals surface area contributed by atoms with Crippen molar-refractivity contribution in [1.82, 2.24) is 15.0 Å². The van der Waals surface area contributed by atoms with E-state index in [1.165, 1.54) is 74.7 Å². The van der Waals surface area contributed by atoms with Crippen LogP contribution in [0.4, 0.5) is 0 Å². The molecule has 2 aromatic heterocycles. The van der Waals surface area contributed by atoms with Crippen LogP contribution in [0.5, 0.6) is 0 Å². The predicted molar refractivity (Wildman–Crippen MR) is 206 cm³/mol. The maximum Gasteiger partial charge on any atom is 0.164 e. The van der Waals surface area contributed by atoms with E-state index < -0.39 is 0 Å². The Labute approximate surface area is 285 Å². The Morgan fingerprint density at radius 2 is 1.00 bits per heavy atom. The zero-order chi connectivity index (χ0) is 32.1. The van der Waals surface area contributed by atoms with Crippen LogP contribution in [0.15, 0.2) is 152 Å². The van der Waals surface area contributed by atoms with E-state index in [-0.39, 0.29) is 0 Å². The highest BCUT2D eigenvalue weighted by Gasteiger charge is 2.23. The second-order valence-electron chi connectivity index (χ2n) is 12.8. The van der Waals surface area contributed by atoms with Gasteiger partial charge in [0.25, 0.3) is 0 Å². The summed E-state index contributed by atoms with van der Waals surface area (Å²) < 4.78 is 2.48. The van der Waals surface area contributed by atoms with Crippen molar-refractivity contribution < 1.29 is 0 Å². The van der Waals surface area contributed by atoms with Crippen LogP contribution in [0, 0.1) is 0 Å². The van der Waals surface area contributed by atoms with Gasteiger partial charge in [-0.25, -0.2) is 15.0 Å². The number of aromatic nitrogens is 3. The zero-order valence-corrected chi connectivity index (χ0v) is 27.0. The first kappa shape index (κ1) is 26.8. The van der Waals surface area contributed by atoms with Gasteiger partial charge in [0.1, 0.15) is 0 Å². The zero-order valence-electron chi connectivity index (χ0n) is 26.2. The first-order valence-corrected chi connectivity index (χ1v) is 17.3. The molecule has 10 aromatic rings. The molecule has 1 aliphatic carbocycles. The molecule has 0 amide bonds. The second-order valence-corrected chi connectivity index (χ2v) is 13.9. The third kappa shape index (κ3) is 3.98. The lowest BCUT2D eigenvalue weighted by atomic mass is 9.98. The summed E-state index contributed by atoms with van der Waals surface area (Å²) in [6.07, 6.45) is 0. The van der Waals surface area contributed by atoms with Crippen LogP contribution in [-0.2, 0) is 0 Å². The lowest BCUT2D eigenvalue weighted by molar-refractivity contribution is 1.08. The van der Waals surface area contributed by atoms with Crippen LogP contribution in [0.25, 0.3) is 109 Å². The van der Waals surface area contributed by atoms with E-state index >= 15 is 0 Å². The molecule has 0 saturated heterocycles. The molecule has 0 atom stereocenters. The summed E-state index contributed by atoms with van der Waals surface area (Å²) in [4.78, 5) is 15.6. The normalized spacial score (nSPS) is 12.1. The first-order chi connectivity index (χ1) is 24.3. The maximum atomic E-state index is 5.29. The van der Waals surface area contributed by atoms with Gasteiger partial charge in [-0.15, -0.1) is 11.3 Å². The fourth-order valence-corrected chi connectivity index (χ4v) is 8.96. The average molecular weight is 640 g/mol. The Hall–Kier alpha value is -6.23. The highest BCUT2D eigenvalue weighted by Crippen LogP contribution is 2.49. The van der Waals surface area contributed by atoms with Gasteiger partial charge in [0.2, 0.25) is 0 Å². The molecule has 2 heterocycles. The van der Waals surface area contributed by atoms with Crippen LogP contribution in [0.3, 0.4) is 0 Å². The van der Waals surface area contributed by atoms with E-state index in [9.17, 15) is 0 Å². The van der Waals surface area contributed by atoms with Gasteiger partial charge in [0, 0.05) is 36.9 Å². The molecule has 49 heavy (non-hydrogen) atoms. The summed E-state index contributed by atoms with van der Waals surface area (Å²) in [7, 11) is 0. The van der Waals surface area contributed by atoms with Gasteiger partial charge in [0.05, 0.1) is 0 Å². The Morgan fingerprint density at radius 3 is 1.90 bits per heavy atom. The molecule has 226 valence electrons. The monoisotopic (exact) mass is 639 g/mol. The largest absolute Gasteiger partial charge is 0.208 e. The maximum absolute atomic E-state index is 5.29. The number of rotatable bonds is 3. The minimum absolute atomic E-state index is 0.666. The number of benzene rings is 8. The van der Waals surface area contributed by atoms with Crippen molar-refractivity contribution >= 4 is 63.8 Å². The molecule has 0 aliphatic heterocycles. The number of hydrogen-bond acceptors (Lipinski definition) is 4. The quantitative estimate of drug-likeness (QED) is 0.181. The van der Waals surface area contributed by atoms with Crippen LogP contribution in [0.1, 0.15) is 0 Å². The van der Waals surface area contributed by atoms with Gasteiger partial charge < -0.3 is 0 Å². The topological polar surface area (TPSA) is 38.7 Å². The third-order valence-corrected chi connectivity index (χ3v) is 11.1. The molecular weight excluding hydrogens is 615 g/mol. The Kier molecular flexibility index (Phi) is 5.54. The van der Waals surface area contributed by atoms with Gasteiger partial charge >= 0.3 is 0 Å². The Balaban J connectivity index is 1.19. The fraction of sp³-hybridized carbons (Fsp3) is 0. The standard InChI is InChI=1S/C45H25N3S/c1-2-11-27(12-3-1)43-46-44(30-22-29-13-8-17-34-32-15-6-7-16-33(32)37(23-30)41(29)34)48-45(47-43)35-18-9-19-39-42(35)38-25-36-28(24-40(38)49-39)21-20-26-10-4-5-14-31(26)36/h1-25H. The fourth-order valence-electron chi connectivity index (χ4n) is 7.80. The van der Waals surface area contributed by atoms with E-state index in [1.54, 1.807) is 0 Å². The predicted octanol–water partition coefficient (Wildman–Crippen LogP) is 12.3. The van der Waals surface area contributed by atoms with Crippen molar-refractivity contribution in [1.29, 1.82) is 0 Å². The van der Waals surface area contributed by atoms with E-state index in [2.05, 4.69) is 133 Å². The summed E-state index contributed by atoms with van der Waals surface area (Å²) in [6.45, 7) is 0. The van der Waals surface area contributed by atoms with Crippen molar-refractivity contribution in [3.05, 3.63) is 152 Å². The van der Waals surface area contributed by atoms with Gasteiger partial charge in [0.15, 0.2) is 17.5 Å². The smallest absolute Gasteiger partial charge is 0.164 e. The molecule has 0 unspecified atom stereocenters. The highest BCUT2D eigenvalue weighted by molar-refractivity contribution is 7.26. The summed E-state index contributed by atoms with van der Waals surface area (Å²) in [5.41, 5.74) is 8.00. The van der Waals surface area contributed by atoms with E-state index in [4.69, 9.17) is 15.0 Å². The number of hydrogen-bond donors (Lipinski definition) is 0. The molecule has 11 rings (SSSR count). The van der Waals surface area contributed by atoms with Crippen molar-refractivity contribution in [2.45, 2.75) is 0 Å². The summed E-state index contributed by atoms with van der Waals surface area (Å²) in [6, 6.07) is 54.3. The Morgan fingerprint density at radius 1 is 0.327 bits per heavy atom. The van der Waals surface area contributed by atoms with Crippen molar-refractivity contribution in [2.75, 3.05) is 0 Å². The van der Waals surface area contributed by atoms with Crippen LogP contribution in [-0.4, -0.2) is 15.0 Å². The van der Waals surface area contributed by atoms with Gasteiger partial charge in [-0.3, -0.25) is 0 Å². The minimum Gasteiger partial charge on any atom is -0.208 e. The summed E-state index contributed by atoms with van der Waals surface area (Å²) >= 11 is 1.83. The molecule has 0 N–H and O–H groups in total. The van der Waals surface area contributed by atoms with Crippen LogP contribution >= 0.6 is 11.3 Å². The summed E-state index contributed by atoms with van der Waals surface area (Å²) in [5.74, 6) is 2.02. The van der Waals surface area contributed by atoms with Gasteiger partial charge in [-0.2, -0.15) is 0 Å². The van der Waals surface area contributed by atoms with Crippen LogP contribution < -0.4 is 0 Å². The molecule has 3 nitrogen and oxygen atoms in total. The number of fused-ring (bicyclic) bond motifs is 9. The molecule has 0 spiro atoms. The van der Waals surface area contributed by atoms with Crippen molar-refractivity contribution in [2.24, 2.45) is 0 Å². The molecular formula is C45H25N3S.